The van der Waals surface area contributed by atoms with Crippen LogP contribution in [-0.2, 0) is 4.79 Å². The average molecular weight is 282 g/mol. The van der Waals surface area contributed by atoms with Gasteiger partial charge in [-0.25, -0.2) is 0 Å². The number of rotatable bonds is 2. The van der Waals surface area contributed by atoms with E-state index in [0.29, 0.717) is 22.4 Å². The Morgan fingerprint density at radius 3 is 2.67 bits per heavy atom. The van der Waals surface area contributed by atoms with Crippen molar-refractivity contribution in [1.82, 2.24) is 15.0 Å². The maximum atomic E-state index is 11.1. The van der Waals surface area contributed by atoms with Gasteiger partial charge in [0.1, 0.15) is 22.5 Å². The number of aromatic hydroxyl groups is 1. The Hall–Kier alpha value is -2.89. The highest BCUT2D eigenvalue weighted by atomic mass is 16.3. The first kappa shape index (κ1) is 13.1. The molecule has 0 aliphatic rings. The topological polar surface area (TPSA) is 80.0 Å². The van der Waals surface area contributed by atoms with Crippen molar-refractivity contribution in [2.75, 3.05) is 5.32 Å². The summed E-state index contributed by atoms with van der Waals surface area (Å²) in [6.07, 6.45) is 0. The molecule has 1 amide bonds. The van der Waals surface area contributed by atoms with Gasteiger partial charge in [-0.2, -0.15) is 0 Å². The highest BCUT2D eigenvalue weighted by Crippen LogP contribution is 2.23. The fourth-order valence-corrected chi connectivity index (χ4v) is 2.10. The predicted molar refractivity (Wildman–Crippen MR) is 79.6 cm³/mol. The van der Waals surface area contributed by atoms with Gasteiger partial charge in [0.05, 0.1) is 0 Å². The number of aryl methyl sites for hydroxylation is 1. The zero-order valence-corrected chi connectivity index (χ0v) is 11.7. The van der Waals surface area contributed by atoms with Crippen LogP contribution in [0, 0.1) is 6.92 Å². The minimum atomic E-state index is -0.141. The van der Waals surface area contributed by atoms with Crippen molar-refractivity contribution in [2.24, 2.45) is 0 Å². The summed E-state index contributed by atoms with van der Waals surface area (Å²) in [5.74, 6) is -0.0268. The normalized spacial score (nSPS) is 10.8. The molecular weight excluding hydrogens is 268 g/mol. The molecule has 6 nitrogen and oxygen atoms in total. The van der Waals surface area contributed by atoms with E-state index in [1.807, 2.05) is 19.1 Å². The Kier molecular flexibility index (Phi) is 3.06. The molecule has 106 valence electrons. The Labute approximate surface area is 121 Å². The highest BCUT2D eigenvalue weighted by Gasteiger charge is 2.09. The number of aromatic nitrogens is 3. The number of hydrogen-bond donors (Lipinski definition) is 2. The van der Waals surface area contributed by atoms with Crippen LogP contribution in [-0.4, -0.2) is 26.0 Å². The first-order valence-electron chi connectivity index (χ1n) is 6.47. The number of benzene rings is 2. The van der Waals surface area contributed by atoms with E-state index in [9.17, 15) is 9.90 Å². The molecule has 0 bridgehead atoms. The Bertz CT molecular complexity index is 839. The molecule has 2 N–H and O–H groups in total. The largest absolute Gasteiger partial charge is 0.506 e. The van der Waals surface area contributed by atoms with Crippen LogP contribution >= 0.6 is 0 Å². The van der Waals surface area contributed by atoms with E-state index in [4.69, 9.17) is 0 Å². The molecule has 0 fully saturated rings. The summed E-state index contributed by atoms with van der Waals surface area (Å²) in [7, 11) is 0. The van der Waals surface area contributed by atoms with E-state index < -0.39 is 0 Å². The quantitative estimate of drug-likeness (QED) is 0.756. The minimum Gasteiger partial charge on any atom is -0.506 e. The van der Waals surface area contributed by atoms with E-state index >= 15 is 0 Å². The van der Waals surface area contributed by atoms with Gasteiger partial charge in [-0.15, -0.1) is 15.0 Å². The summed E-state index contributed by atoms with van der Waals surface area (Å²) in [6, 6.07) is 10.5. The molecular formula is C15H14N4O2. The van der Waals surface area contributed by atoms with Crippen molar-refractivity contribution in [1.29, 1.82) is 0 Å². The van der Waals surface area contributed by atoms with Gasteiger partial charge in [0.2, 0.25) is 5.91 Å². The summed E-state index contributed by atoms with van der Waals surface area (Å²) in [5.41, 5.74) is 3.51. The molecule has 2 aromatic carbocycles. The lowest BCUT2D eigenvalue weighted by molar-refractivity contribution is -0.114. The predicted octanol–water partition coefficient (Wildman–Crippen LogP) is 2.39. The molecule has 1 heterocycles. The van der Waals surface area contributed by atoms with Crippen LogP contribution in [0.2, 0.25) is 0 Å². The molecule has 0 radical (unpaired) electrons. The lowest BCUT2D eigenvalue weighted by atomic mass is 10.2. The van der Waals surface area contributed by atoms with Crippen molar-refractivity contribution < 1.29 is 9.90 Å². The number of carbonyl (C=O) groups excluding carboxylic acids is 1. The van der Waals surface area contributed by atoms with Crippen LogP contribution in [0.25, 0.3) is 16.7 Å². The van der Waals surface area contributed by atoms with Crippen LogP contribution in [0.4, 0.5) is 5.69 Å². The van der Waals surface area contributed by atoms with Crippen LogP contribution < -0.4 is 5.32 Å². The standard InChI is InChI=1S/C15H14N4O2/c1-9-3-6-15(21)14(7-9)19-17-12-5-4-11(16-10(2)20)8-13(12)18-19/h3-8,21H,1-2H3,(H,16,20). The number of nitrogens with one attached hydrogen (secondary N) is 1. The molecule has 0 atom stereocenters. The average Bonchev–Trinajstić information content (AvgIpc) is 2.83. The first-order valence-corrected chi connectivity index (χ1v) is 6.47. The third kappa shape index (κ3) is 2.55. The molecule has 0 unspecified atom stereocenters. The third-order valence-electron chi connectivity index (χ3n) is 3.05. The second-order valence-electron chi connectivity index (χ2n) is 4.87. The molecule has 0 spiro atoms. The zero-order valence-electron chi connectivity index (χ0n) is 11.7. The molecule has 6 heteroatoms. The third-order valence-corrected chi connectivity index (χ3v) is 3.05. The van der Waals surface area contributed by atoms with E-state index in [1.54, 1.807) is 24.3 Å². The summed E-state index contributed by atoms with van der Waals surface area (Å²) in [5, 5.41) is 21.3. The van der Waals surface area contributed by atoms with Crippen LogP contribution in [0.1, 0.15) is 12.5 Å². The monoisotopic (exact) mass is 282 g/mol. The fraction of sp³-hybridized carbons (Fsp3) is 0.133. The number of phenols is 1. The first-order chi connectivity index (χ1) is 10.0. The van der Waals surface area contributed by atoms with Gasteiger partial charge in [0.25, 0.3) is 0 Å². The molecule has 3 rings (SSSR count). The molecule has 0 saturated heterocycles. The van der Waals surface area contributed by atoms with E-state index in [0.717, 1.165) is 5.56 Å². The molecule has 0 saturated carbocycles. The Morgan fingerprint density at radius 1 is 1.14 bits per heavy atom. The number of nitrogens with zero attached hydrogens (tertiary/aromatic N) is 3. The lowest BCUT2D eigenvalue weighted by Gasteiger charge is -2.03. The van der Waals surface area contributed by atoms with E-state index in [2.05, 4.69) is 15.5 Å². The summed E-state index contributed by atoms with van der Waals surface area (Å²) < 4.78 is 0. The smallest absolute Gasteiger partial charge is 0.221 e. The van der Waals surface area contributed by atoms with Gasteiger partial charge >= 0.3 is 0 Å². The number of amides is 1. The van der Waals surface area contributed by atoms with Crippen molar-refractivity contribution in [3.63, 3.8) is 0 Å². The summed E-state index contributed by atoms with van der Waals surface area (Å²) in [6.45, 7) is 3.38. The van der Waals surface area contributed by atoms with Crippen molar-refractivity contribution in [2.45, 2.75) is 13.8 Å². The molecule has 3 aromatic rings. The SMILES string of the molecule is CC(=O)Nc1ccc2nn(-c3cc(C)ccc3O)nc2c1. The summed E-state index contributed by atoms with van der Waals surface area (Å²) >= 11 is 0. The Balaban J connectivity index is 2.08. The van der Waals surface area contributed by atoms with Crippen LogP contribution in [0.5, 0.6) is 5.75 Å². The second kappa shape index (κ2) is 4.90. The summed E-state index contributed by atoms with van der Waals surface area (Å²) in [4.78, 5) is 12.5. The van der Waals surface area contributed by atoms with Gasteiger partial charge in [0.15, 0.2) is 0 Å². The second-order valence-corrected chi connectivity index (χ2v) is 4.87. The van der Waals surface area contributed by atoms with Crippen LogP contribution in [0.15, 0.2) is 36.4 Å². The van der Waals surface area contributed by atoms with Crippen molar-refractivity contribution in [3.8, 4) is 11.4 Å². The number of hydrogen-bond acceptors (Lipinski definition) is 4. The molecule has 1 aromatic heterocycles. The maximum absolute atomic E-state index is 11.1. The van der Waals surface area contributed by atoms with Gasteiger partial charge in [0, 0.05) is 12.6 Å². The lowest BCUT2D eigenvalue weighted by Crippen LogP contribution is -2.05. The number of anilines is 1. The minimum absolute atomic E-state index is 0.114. The van der Waals surface area contributed by atoms with Crippen molar-refractivity contribution >= 4 is 22.6 Å². The van der Waals surface area contributed by atoms with Gasteiger partial charge in [-0.1, -0.05) is 6.07 Å². The molecule has 0 aliphatic heterocycles. The highest BCUT2D eigenvalue weighted by molar-refractivity contribution is 5.91. The van der Waals surface area contributed by atoms with Gasteiger partial charge in [-0.3, -0.25) is 4.79 Å². The number of fused-ring (bicyclic) bond motifs is 1. The molecule has 0 aliphatic carbocycles. The fourth-order valence-electron chi connectivity index (χ4n) is 2.10. The van der Waals surface area contributed by atoms with E-state index in [1.165, 1.54) is 11.7 Å². The van der Waals surface area contributed by atoms with Crippen LogP contribution in [0.3, 0.4) is 0 Å². The van der Waals surface area contributed by atoms with E-state index in [-0.39, 0.29) is 11.7 Å². The number of carbonyl (C=O) groups is 1. The van der Waals surface area contributed by atoms with Gasteiger partial charge in [-0.05, 0) is 42.8 Å². The number of phenolic OH excluding ortho intramolecular Hbond substituents is 1. The van der Waals surface area contributed by atoms with Gasteiger partial charge < -0.3 is 10.4 Å². The maximum Gasteiger partial charge on any atom is 0.221 e. The van der Waals surface area contributed by atoms with Crippen molar-refractivity contribution in [3.05, 3.63) is 42.0 Å². The Morgan fingerprint density at radius 2 is 1.90 bits per heavy atom. The zero-order chi connectivity index (χ0) is 15.0. The molecule has 21 heavy (non-hydrogen) atoms.